The number of nitrogens with zero attached hydrogens (tertiary/aromatic N) is 1. The van der Waals surface area contributed by atoms with Crippen molar-refractivity contribution in [3.8, 4) is 11.1 Å². The zero-order valence-corrected chi connectivity index (χ0v) is 16.7. The fraction of sp³-hybridized carbons (Fsp3) is 0.269. The lowest BCUT2D eigenvalue weighted by molar-refractivity contribution is 0.0425. The summed E-state index contributed by atoms with van der Waals surface area (Å²) in [5.41, 5.74) is 4.25. The Hall–Kier alpha value is -2.91. The highest BCUT2D eigenvalue weighted by molar-refractivity contribution is 5.94. The van der Waals surface area contributed by atoms with Gasteiger partial charge < -0.3 is 9.64 Å². The summed E-state index contributed by atoms with van der Waals surface area (Å²) in [4.78, 5) is 15.0. The van der Waals surface area contributed by atoms with Crippen molar-refractivity contribution in [2.24, 2.45) is 5.92 Å². The molecule has 1 saturated heterocycles. The maximum atomic E-state index is 13.0. The second kappa shape index (κ2) is 9.53. The third-order valence-electron chi connectivity index (χ3n) is 5.51. The monoisotopic (exact) mass is 385 g/mol. The number of ether oxygens (including phenoxy) is 1. The number of hydrogen-bond donors (Lipinski definition) is 0. The fourth-order valence-electron chi connectivity index (χ4n) is 3.92. The molecule has 4 rings (SSSR count). The first-order valence-corrected chi connectivity index (χ1v) is 10.4. The fourth-order valence-corrected chi connectivity index (χ4v) is 3.92. The van der Waals surface area contributed by atoms with Crippen LogP contribution < -0.4 is 0 Å². The lowest BCUT2D eigenvalue weighted by Gasteiger charge is -2.32. The minimum absolute atomic E-state index is 0.123. The third kappa shape index (κ3) is 5.12. The number of amides is 1. The maximum Gasteiger partial charge on any atom is 0.253 e. The Balaban J connectivity index is 1.32. The topological polar surface area (TPSA) is 29.5 Å². The first-order chi connectivity index (χ1) is 14.3. The quantitative estimate of drug-likeness (QED) is 0.567. The molecule has 148 valence electrons. The SMILES string of the molecule is O=C(c1ccc(-c2ccccc2)cc1)N1CCCC(COCc2ccccc2)C1. The van der Waals surface area contributed by atoms with Gasteiger partial charge in [-0.15, -0.1) is 0 Å². The van der Waals surface area contributed by atoms with Gasteiger partial charge in [-0.3, -0.25) is 4.79 Å². The summed E-state index contributed by atoms with van der Waals surface area (Å²) in [7, 11) is 0. The molecule has 0 spiro atoms. The van der Waals surface area contributed by atoms with Gasteiger partial charge in [0.1, 0.15) is 0 Å². The minimum Gasteiger partial charge on any atom is -0.376 e. The van der Waals surface area contributed by atoms with E-state index in [0.29, 0.717) is 19.1 Å². The van der Waals surface area contributed by atoms with Crippen LogP contribution in [0.2, 0.25) is 0 Å². The summed E-state index contributed by atoms with van der Waals surface area (Å²) < 4.78 is 5.92. The number of piperidine rings is 1. The predicted molar refractivity (Wildman–Crippen MR) is 117 cm³/mol. The average molecular weight is 386 g/mol. The molecule has 3 nitrogen and oxygen atoms in total. The van der Waals surface area contributed by atoms with E-state index in [1.165, 1.54) is 11.1 Å². The van der Waals surface area contributed by atoms with Crippen molar-refractivity contribution in [2.75, 3.05) is 19.7 Å². The minimum atomic E-state index is 0.123. The number of carbonyl (C=O) groups excluding carboxylic acids is 1. The first kappa shape index (κ1) is 19.4. The van der Waals surface area contributed by atoms with E-state index in [9.17, 15) is 4.79 Å². The zero-order valence-electron chi connectivity index (χ0n) is 16.7. The van der Waals surface area contributed by atoms with Crippen molar-refractivity contribution in [2.45, 2.75) is 19.4 Å². The highest BCUT2D eigenvalue weighted by atomic mass is 16.5. The molecule has 1 atom stereocenters. The molecule has 0 saturated carbocycles. The van der Waals surface area contributed by atoms with Crippen LogP contribution >= 0.6 is 0 Å². The normalized spacial score (nSPS) is 16.6. The van der Waals surface area contributed by atoms with Gasteiger partial charge in [0.15, 0.2) is 0 Å². The van der Waals surface area contributed by atoms with Crippen LogP contribution in [0.4, 0.5) is 0 Å². The number of carbonyl (C=O) groups is 1. The molecular weight excluding hydrogens is 358 g/mol. The molecule has 3 aromatic rings. The summed E-state index contributed by atoms with van der Waals surface area (Å²) in [6, 6.07) is 28.4. The molecule has 1 amide bonds. The van der Waals surface area contributed by atoms with Gasteiger partial charge in [0.25, 0.3) is 5.91 Å². The van der Waals surface area contributed by atoms with Crippen LogP contribution in [0.3, 0.4) is 0 Å². The van der Waals surface area contributed by atoms with Crippen molar-refractivity contribution in [3.63, 3.8) is 0 Å². The van der Waals surface area contributed by atoms with Gasteiger partial charge in [-0.05, 0) is 47.6 Å². The van der Waals surface area contributed by atoms with Gasteiger partial charge in [0.2, 0.25) is 0 Å². The Morgan fingerprint density at radius 3 is 2.24 bits per heavy atom. The van der Waals surface area contributed by atoms with Crippen LogP contribution in [-0.2, 0) is 11.3 Å². The molecule has 0 aliphatic carbocycles. The van der Waals surface area contributed by atoms with Gasteiger partial charge in [-0.25, -0.2) is 0 Å². The molecule has 1 aliphatic rings. The summed E-state index contributed by atoms with van der Waals surface area (Å²) in [5, 5.41) is 0. The molecule has 3 heteroatoms. The molecule has 0 N–H and O–H groups in total. The van der Waals surface area contributed by atoms with Crippen LogP contribution in [0.15, 0.2) is 84.9 Å². The lowest BCUT2D eigenvalue weighted by Crippen LogP contribution is -2.41. The molecule has 0 aromatic heterocycles. The van der Waals surface area contributed by atoms with E-state index < -0.39 is 0 Å². The Morgan fingerprint density at radius 2 is 1.52 bits per heavy atom. The van der Waals surface area contributed by atoms with E-state index in [2.05, 4.69) is 24.3 Å². The molecule has 1 heterocycles. The van der Waals surface area contributed by atoms with E-state index in [1.807, 2.05) is 65.6 Å². The number of benzene rings is 3. The van der Waals surface area contributed by atoms with Gasteiger partial charge in [0.05, 0.1) is 13.2 Å². The molecular formula is C26H27NO2. The molecule has 1 fully saturated rings. The standard InChI is InChI=1S/C26H27NO2/c28-26(25-15-13-24(14-16-25)23-11-5-2-6-12-23)27-17-7-10-22(18-27)20-29-19-21-8-3-1-4-9-21/h1-6,8-9,11-16,22H,7,10,17-20H2. The largest absolute Gasteiger partial charge is 0.376 e. The van der Waals surface area contributed by atoms with Gasteiger partial charge >= 0.3 is 0 Å². The van der Waals surface area contributed by atoms with Gasteiger partial charge in [-0.1, -0.05) is 72.8 Å². The third-order valence-corrected chi connectivity index (χ3v) is 5.51. The summed E-state index contributed by atoms with van der Waals surface area (Å²) in [5.74, 6) is 0.525. The lowest BCUT2D eigenvalue weighted by atomic mass is 9.97. The zero-order chi connectivity index (χ0) is 19.9. The van der Waals surface area contributed by atoms with E-state index in [4.69, 9.17) is 4.74 Å². The molecule has 1 unspecified atom stereocenters. The summed E-state index contributed by atoms with van der Waals surface area (Å²) in [6.07, 6.45) is 2.15. The highest BCUT2D eigenvalue weighted by Gasteiger charge is 2.24. The van der Waals surface area contributed by atoms with Crippen LogP contribution in [-0.4, -0.2) is 30.5 Å². The maximum absolute atomic E-state index is 13.0. The van der Waals surface area contributed by atoms with Crippen LogP contribution in [0, 0.1) is 5.92 Å². The first-order valence-electron chi connectivity index (χ1n) is 10.4. The Bertz CT molecular complexity index is 906. The molecule has 1 aliphatic heterocycles. The Morgan fingerprint density at radius 1 is 0.862 bits per heavy atom. The Kier molecular flexibility index (Phi) is 6.38. The average Bonchev–Trinajstić information content (AvgIpc) is 2.80. The molecule has 29 heavy (non-hydrogen) atoms. The van der Waals surface area contributed by atoms with Gasteiger partial charge in [-0.2, -0.15) is 0 Å². The van der Waals surface area contributed by atoms with Gasteiger partial charge in [0, 0.05) is 18.7 Å². The van der Waals surface area contributed by atoms with Crippen LogP contribution in [0.25, 0.3) is 11.1 Å². The van der Waals surface area contributed by atoms with E-state index in [1.54, 1.807) is 0 Å². The summed E-state index contributed by atoms with van der Waals surface area (Å²) >= 11 is 0. The number of rotatable bonds is 6. The van der Waals surface area contributed by atoms with Crippen molar-refractivity contribution in [1.82, 2.24) is 4.90 Å². The second-order valence-electron chi connectivity index (χ2n) is 7.70. The molecule has 0 bridgehead atoms. The van der Waals surface area contributed by atoms with Crippen LogP contribution in [0.5, 0.6) is 0 Å². The van der Waals surface area contributed by atoms with E-state index in [-0.39, 0.29) is 5.91 Å². The highest BCUT2D eigenvalue weighted by Crippen LogP contribution is 2.22. The smallest absolute Gasteiger partial charge is 0.253 e. The van der Waals surface area contributed by atoms with Crippen molar-refractivity contribution < 1.29 is 9.53 Å². The van der Waals surface area contributed by atoms with E-state index >= 15 is 0 Å². The Labute approximate surface area is 172 Å². The van der Waals surface area contributed by atoms with Crippen molar-refractivity contribution in [1.29, 1.82) is 0 Å². The number of likely N-dealkylation sites (tertiary alicyclic amines) is 1. The molecule has 0 radical (unpaired) electrons. The second-order valence-corrected chi connectivity index (χ2v) is 7.70. The van der Waals surface area contributed by atoms with Crippen LogP contribution in [0.1, 0.15) is 28.8 Å². The molecule has 3 aromatic carbocycles. The van der Waals surface area contributed by atoms with Crippen molar-refractivity contribution >= 4 is 5.91 Å². The van der Waals surface area contributed by atoms with E-state index in [0.717, 1.165) is 37.1 Å². The number of hydrogen-bond acceptors (Lipinski definition) is 2. The van der Waals surface area contributed by atoms with Crippen molar-refractivity contribution in [3.05, 3.63) is 96.1 Å². The summed E-state index contributed by atoms with van der Waals surface area (Å²) in [6.45, 7) is 2.93. The predicted octanol–water partition coefficient (Wildman–Crippen LogP) is 5.42.